The lowest BCUT2D eigenvalue weighted by molar-refractivity contribution is -0.0481. The second-order valence-electron chi connectivity index (χ2n) is 4.74. The molecule has 0 aliphatic carbocycles. The normalized spacial score (nSPS) is 13.6. The van der Waals surface area contributed by atoms with E-state index in [-0.39, 0.29) is 5.60 Å². The molecule has 0 bridgehead atoms. The Morgan fingerprint density at radius 1 is 1.24 bits per heavy atom. The van der Waals surface area contributed by atoms with Crippen molar-refractivity contribution in [3.8, 4) is 0 Å². The van der Waals surface area contributed by atoms with Crippen molar-refractivity contribution in [1.82, 2.24) is 5.32 Å². The molecule has 0 heterocycles. The molecule has 0 aromatic carbocycles. The van der Waals surface area contributed by atoms with E-state index in [0.29, 0.717) is 6.04 Å². The molecule has 0 amide bonds. The van der Waals surface area contributed by atoms with Crippen molar-refractivity contribution in [3.05, 3.63) is 12.7 Å². The summed E-state index contributed by atoms with van der Waals surface area (Å²) in [6.07, 6.45) is 10.3. The van der Waals surface area contributed by atoms with Gasteiger partial charge in [0.05, 0.1) is 5.60 Å². The molecule has 0 aromatic rings. The third-order valence-corrected chi connectivity index (χ3v) is 3.99. The van der Waals surface area contributed by atoms with E-state index < -0.39 is 0 Å². The number of methoxy groups -OCH3 is 1. The summed E-state index contributed by atoms with van der Waals surface area (Å²) in [7, 11) is 3.89. The molecule has 0 saturated heterocycles. The molecule has 0 aliphatic heterocycles. The van der Waals surface area contributed by atoms with Gasteiger partial charge in [-0.05, 0) is 39.2 Å². The van der Waals surface area contributed by atoms with E-state index in [1.54, 1.807) is 0 Å². The van der Waals surface area contributed by atoms with Gasteiger partial charge in [0.1, 0.15) is 0 Å². The number of unbranched alkanes of at least 4 members (excludes halogenated alkanes) is 3. The van der Waals surface area contributed by atoms with Gasteiger partial charge in [-0.15, -0.1) is 6.58 Å². The molecule has 2 heteroatoms. The summed E-state index contributed by atoms with van der Waals surface area (Å²) in [5, 5.41) is 3.44. The van der Waals surface area contributed by atoms with E-state index in [9.17, 15) is 0 Å². The zero-order valence-corrected chi connectivity index (χ0v) is 12.2. The summed E-state index contributed by atoms with van der Waals surface area (Å²) in [5.74, 6) is 0. The SMILES string of the molecule is C=CCCCCCC(NC)C(CC)(CC)OC. The van der Waals surface area contributed by atoms with Crippen molar-refractivity contribution in [2.45, 2.75) is 70.4 Å². The Labute approximate surface area is 108 Å². The third-order valence-electron chi connectivity index (χ3n) is 3.99. The summed E-state index contributed by atoms with van der Waals surface area (Å²) >= 11 is 0. The number of rotatable bonds is 11. The fourth-order valence-electron chi connectivity index (χ4n) is 2.66. The first kappa shape index (κ1) is 16.7. The molecule has 17 heavy (non-hydrogen) atoms. The van der Waals surface area contributed by atoms with Gasteiger partial charge in [0.25, 0.3) is 0 Å². The first-order chi connectivity index (χ1) is 8.20. The number of ether oxygens (including phenoxy) is 1. The molecule has 0 saturated carbocycles. The fourth-order valence-corrected chi connectivity index (χ4v) is 2.66. The first-order valence-electron chi connectivity index (χ1n) is 7.04. The van der Waals surface area contributed by atoms with Crippen LogP contribution < -0.4 is 5.32 Å². The first-order valence-corrected chi connectivity index (χ1v) is 7.04. The van der Waals surface area contributed by atoms with Crippen LogP contribution in [0.3, 0.4) is 0 Å². The van der Waals surface area contributed by atoms with Crippen LogP contribution in [0.4, 0.5) is 0 Å². The van der Waals surface area contributed by atoms with E-state index in [1.807, 2.05) is 20.2 Å². The zero-order chi connectivity index (χ0) is 13.1. The number of hydrogen-bond acceptors (Lipinski definition) is 2. The maximum absolute atomic E-state index is 5.79. The van der Waals surface area contributed by atoms with E-state index in [1.165, 1.54) is 25.7 Å². The average molecular weight is 241 g/mol. The molecule has 0 spiro atoms. The van der Waals surface area contributed by atoms with Gasteiger partial charge in [-0.2, -0.15) is 0 Å². The summed E-state index contributed by atoms with van der Waals surface area (Å²) in [6.45, 7) is 8.19. The highest BCUT2D eigenvalue weighted by molar-refractivity contribution is 4.90. The lowest BCUT2D eigenvalue weighted by Gasteiger charge is -2.38. The van der Waals surface area contributed by atoms with E-state index in [4.69, 9.17) is 4.74 Å². The Balaban J connectivity index is 4.15. The lowest BCUT2D eigenvalue weighted by Crippen LogP contribution is -2.50. The summed E-state index contributed by atoms with van der Waals surface area (Å²) in [6, 6.07) is 0.464. The van der Waals surface area contributed by atoms with Gasteiger partial charge in [-0.25, -0.2) is 0 Å². The van der Waals surface area contributed by atoms with Gasteiger partial charge >= 0.3 is 0 Å². The smallest absolute Gasteiger partial charge is 0.0825 e. The standard InChI is InChI=1S/C15H31NO/c1-6-9-10-11-12-13-14(16-4)15(7-2,8-3)17-5/h6,14,16H,1,7-13H2,2-5H3. The molecular weight excluding hydrogens is 210 g/mol. The highest BCUT2D eigenvalue weighted by Crippen LogP contribution is 2.27. The second-order valence-corrected chi connectivity index (χ2v) is 4.74. The largest absolute Gasteiger partial charge is 0.377 e. The van der Waals surface area contributed by atoms with Crippen LogP contribution >= 0.6 is 0 Å². The lowest BCUT2D eigenvalue weighted by atomic mass is 9.85. The van der Waals surface area contributed by atoms with Crippen LogP contribution in [-0.4, -0.2) is 25.8 Å². The van der Waals surface area contributed by atoms with Crippen molar-refractivity contribution < 1.29 is 4.74 Å². The average Bonchev–Trinajstić information content (AvgIpc) is 2.38. The number of likely N-dealkylation sites (N-methyl/N-ethyl adjacent to an activating group) is 1. The monoisotopic (exact) mass is 241 g/mol. The van der Waals surface area contributed by atoms with Gasteiger partial charge in [0.15, 0.2) is 0 Å². The van der Waals surface area contributed by atoms with Gasteiger partial charge in [-0.3, -0.25) is 0 Å². The number of allylic oxidation sites excluding steroid dienone is 1. The molecular formula is C15H31NO. The number of nitrogens with one attached hydrogen (secondary N) is 1. The van der Waals surface area contributed by atoms with Crippen molar-refractivity contribution in [3.63, 3.8) is 0 Å². The van der Waals surface area contributed by atoms with Crippen molar-refractivity contribution >= 4 is 0 Å². The fraction of sp³-hybridized carbons (Fsp3) is 0.867. The van der Waals surface area contributed by atoms with Gasteiger partial charge in [0.2, 0.25) is 0 Å². The maximum atomic E-state index is 5.79. The van der Waals surface area contributed by atoms with Gasteiger partial charge < -0.3 is 10.1 Å². The minimum Gasteiger partial charge on any atom is -0.377 e. The Morgan fingerprint density at radius 2 is 1.88 bits per heavy atom. The van der Waals surface area contributed by atoms with Crippen molar-refractivity contribution in [2.24, 2.45) is 0 Å². The molecule has 0 rings (SSSR count). The molecule has 102 valence electrons. The molecule has 1 N–H and O–H groups in total. The second kappa shape index (κ2) is 9.67. The molecule has 1 unspecified atom stereocenters. The Morgan fingerprint density at radius 3 is 2.29 bits per heavy atom. The zero-order valence-electron chi connectivity index (χ0n) is 12.2. The van der Waals surface area contributed by atoms with Gasteiger partial charge in [0, 0.05) is 13.2 Å². The van der Waals surface area contributed by atoms with Crippen LogP contribution in [-0.2, 0) is 4.74 Å². The van der Waals surface area contributed by atoms with Gasteiger partial charge in [-0.1, -0.05) is 32.8 Å². The molecule has 2 nitrogen and oxygen atoms in total. The van der Waals surface area contributed by atoms with E-state index in [0.717, 1.165) is 19.3 Å². The topological polar surface area (TPSA) is 21.3 Å². The summed E-state index contributed by atoms with van der Waals surface area (Å²) in [5.41, 5.74) is 0.00713. The summed E-state index contributed by atoms with van der Waals surface area (Å²) in [4.78, 5) is 0. The molecule has 0 aromatic heterocycles. The third kappa shape index (κ3) is 5.22. The molecule has 1 atom stereocenters. The minimum atomic E-state index is 0.00713. The number of hydrogen-bond donors (Lipinski definition) is 1. The minimum absolute atomic E-state index is 0.00713. The van der Waals surface area contributed by atoms with Crippen LogP contribution in [0, 0.1) is 0 Å². The van der Waals surface area contributed by atoms with Crippen molar-refractivity contribution in [2.75, 3.05) is 14.2 Å². The Bertz CT molecular complexity index is 179. The highest BCUT2D eigenvalue weighted by Gasteiger charge is 2.34. The Hall–Kier alpha value is -0.340. The maximum Gasteiger partial charge on any atom is 0.0825 e. The predicted molar refractivity (Wildman–Crippen MR) is 76.5 cm³/mol. The van der Waals surface area contributed by atoms with Crippen LogP contribution in [0.2, 0.25) is 0 Å². The molecule has 0 aliphatic rings. The quantitative estimate of drug-likeness (QED) is 0.437. The van der Waals surface area contributed by atoms with Crippen LogP contribution in [0.15, 0.2) is 12.7 Å². The van der Waals surface area contributed by atoms with Crippen LogP contribution in [0.25, 0.3) is 0 Å². The van der Waals surface area contributed by atoms with Crippen LogP contribution in [0.5, 0.6) is 0 Å². The predicted octanol–water partition coefficient (Wildman–Crippen LogP) is 3.92. The Kier molecular flexibility index (Phi) is 9.47. The van der Waals surface area contributed by atoms with E-state index in [2.05, 4.69) is 25.7 Å². The van der Waals surface area contributed by atoms with Crippen molar-refractivity contribution in [1.29, 1.82) is 0 Å². The van der Waals surface area contributed by atoms with Crippen LogP contribution in [0.1, 0.15) is 58.8 Å². The molecule has 0 radical (unpaired) electrons. The highest BCUT2D eigenvalue weighted by atomic mass is 16.5. The molecule has 0 fully saturated rings. The van der Waals surface area contributed by atoms with E-state index >= 15 is 0 Å². The summed E-state index contributed by atoms with van der Waals surface area (Å²) < 4.78 is 5.79.